The fourth-order valence-electron chi connectivity index (χ4n) is 2.45. The van der Waals surface area contributed by atoms with E-state index in [0.717, 1.165) is 6.07 Å². The number of carbonyl (C=O) groups is 2. The summed E-state index contributed by atoms with van der Waals surface area (Å²) in [5.74, 6) is -1.41. The number of hydrogen-bond donors (Lipinski definition) is 3. The number of phenols is 1. The first-order valence-corrected chi connectivity index (χ1v) is 7.76. The minimum Gasteiger partial charge on any atom is -0.507 e. The van der Waals surface area contributed by atoms with Crippen LogP contribution in [-0.4, -0.2) is 56.9 Å². The van der Waals surface area contributed by atoms with Crippen molar-refractivity contribution in [2.45, 2.75) is 0 Å². The Hall–Kier alpha value is -3.49. The van der Waals surface area contributed by atoms with Crippen molar-refractivity contribution >= 4 is 22.7 Å². The third-order valence-electron chi connectivity index (χ3n) is 3.85. The number of halogens is 1. The number of fused-ring (bicyclic) bond motifs is 1. The number of nitrogens with zero attached hydrogens (tertiary/aromatic N) is 3. The van der Waals surface area contributed by atoms with Crippen LogP contribution in [-0.2, 0) is 0 Å². The average Bonchev–Trinajstić information content (AvgIpc) is 3.11. The average molecular weight is 357 g/mol. The highest BCUT2D eigenvalue weighted by atomic mass is 19.1. The van der Waals surface area contributed by atoms with Gasteiger partial charge in [-0.2, -0.15) is 0 Å². The van der Waals surface area contributed by atoms with Crippen molar-refractivity contribution in [3.63, 3.8) is 0 Å². The van der Waals surface area contributed by atoms with Gasteiger partial charge in [0, 0.05) is 37.9 Å². The quantitative estimate of drug-likeness (QED) is 0.637. The molecule has 0 aliphatic heterocycles. The number of aromatic amines is 1. The summed E-state index contributed by atoms with van der Waals surface area (Å²) in [7, 11) is 1.56. The lowest BCUT2D eigenvalue weighted by atomic mass is 10.2. The predicted octanol–water partition coefficient (Wildman–Crippen LogP) is 1.30. The van der Waals surface area contributed by atoms with Gasteiger partial charge in [0.25, 0.3) is 11.8 Å². The number of H-pyrrole nitrogens is 1. The number of likely N-dealkylation sites (N-methyl/N-ethyl adjacent to an activating group) is 1. The normalized spacial score (nSPS) is 10.7. The van der Waals surface area contributed by atoms with E-state index in [0.29, 0.717) is 5.56 Å². The fourth-order valence-corrected chi connectivity index (χ4v) is 2.45. The van der Waals surface area contributed by atoms with Gasteiger partial charge in [-0.1, -0.05) is 0 Å². The third-order valence-corrected chi connectivity index (χ3v) is 3.85. The summed E-state index contributed by atoms with van der Waals surface area (Å²) >= 11 is 0. The van der Waals surface area contributed by atoms with Crippen LogP contribution in [0.2, 0.25) is 0 Å². The number of amides is 2. The number of hydrogen-bond acceptors (Lipinski definition) is 5. The van der Waals surface area contributed by atoms with Gasteiger partial charge >= 0.3 is 0 Å². The maximum Gasteiger partial charge on any atom is 0.270 e. The van der Waals surface area contributed by atoms with E-state index in [4.69, 9.17) is 0 Å². The van der Waals surface area contributed by atoms with E-state index in [9.17, 15) is 19.1 Å². The zero-order valence-corrected chi connectivity index (χ0v) is 13.9. The molecule has 0 atom stereocenters. The minimum atomic E-state index is -0.558. The van der Waals surface area contributed by atoms with E-state index in [1.54, 1.807) is 7.05 Å². The third kappa shape index (κ3) is 3.46. The van der Waals surface area contributed by atoms with Crippen LogP contribution in [0.15, 0.2) is 36.9 Å². The number of benzene rings is 1. The van der Waals surface area contributed by atoms with Crippen molar-refractivity contribution in [2.75, 3.05) is 20.1 Å². The molecule has 3 rings (SSSR count). The molecule has 0 unspecified atom stereocenters. The maximum atomic E-state index is 13.8. The van der Waals surface area contributed by atoms with Crippen LogP contribution in [0.1, 0.15) is 20.8 Å². The van der Waals surface area contributed by atoms with Crippen LogP contribution in [0.3, 0.4) is 0 Å². The van der Waals surface area contributed by atoms with Gasteiger partial charge in [-0.3, -0.25) is 9.59 Å². The van der Waals surface area contributed by atoms with Gasteiger partial charge in [0.15, 0.2) is 0 Å². The summed E-state index contributed by atoms with van der Waals surface area (Å²) in [6, 6.07) is 3.74. The van der Waals surface area contributed by atoms with E-state index in [2.05, 4.69) is 20.3 Å². The summed E-state index contributed by atoms with van der Waals surface area (Å²) in [6.07, 6.45) is 4.11. The lowest BCUT2D eigenvalue weighted by molar-refractivity contribution is 0.0782. The van der Waals surface area contributed by atoms with Crippen molar-refractivity contribution in [1.82, 2.24) is 25.2 Å². The van der Waals surface area contributed by atoms with E-state index in [1.165, 1.54) is 35.8 Å². The molecule has 0 spiro atoms. The van der Waals surface area contributed by atoms with E-state index >= 15 is 0 Å². The van der Waals surface area contributed by atoms with Gasteiger partial charge in [-0.25, -0.2) is 14.4 Å². The topological polar surface area (TPSA) is 111 Å². The number of phenolic OH excluding ortho intramolecular Hbond substituents is 1. The number of aromatic nitrogens is 3. The number of nitrogens with one attached hydrogen (secondary N) is 2. The smallest absolute Gasteiger partial charge is 0.270 e. The molecular weight excluding hydrogens is 341 g/mol. The minimum absolute atomic E-state index is 0.0686. The molecule has 3 aromatic rings. The summed E-state index contributed by atoms with van der Waals surface area (Å²) in [6.45, 7) is 0.456. The Morgan fingerprint density at radius 2 is 2.04 bits per heavy atom. The molecule has 9 heteroatoms. The molecule has 2 amide bonds. The Kier molecular flexibility index (Phi) is 4.78. The van der Waals surface area contributed by atoms with Gasteiger partial charge in [0.05, 0.1) is 11.1 Å². The van der Waals surface area contributed by atoms with E-state index < -0.39 is 11.7 Å². The summed E-state index contributed by atoms with van der Waals surface area (Å²) in [4.78, 5) is 35.9. The van der Waals surface area contributed by atoms with Gasteiger partial charge in [-0.05, 0) is 18.2 Å². The van der Waals surface area contributed by atoms with Gasteiger partial charge < -0.3 is 20.3 Å². The van der Waals surface area contributed by atoms with Crippen molar-refractivity contribution in [3.8, 4) is 5.75 Å². The molecule has 2 aromatic heterocycles. The molecule has 0 saturated heterocycles. The lowest BCUT2D eigenvalue weighted by Gasteiger charge is -2.16. The molecule has 134 valence electrons. The molecule has 26 heavy (non-hydrogen) atoms. The second-order valence-corrected chi connectivity index (χ2v) is 5.65. The molecule has 0 bridgehead atoms. The van der Waals surface area contributed by atoms with Crippen molar-refractivity contribution in [2.24, 2.45) is 0 Å². The zero-order chi connectivity index (χ0) is 18.7. The Morgan fingerprint density at radius 3 is 2.73 bits per heavy atom. The molecule has 0 fully saturated rings. The van der Waals surface area contributed by atoms with Gasteiger partial charge in [0.1, 0.15) is 23.6 Å². The summed E-state index contributed by atoms with van der Waals surface area (Å²) in [5, 5.41) is 12.7. The highest BCUT2D eigenvalue weighted by Crippen LogP contribution is 2.27. The largest absolute Gasteiger partial charge is 0.507 e. The van der Waals surface area contributed by atoms with Crippen LogP contribution in [0.25, 0.3) is 10.9 Å². The molecule has 0 radical (unpaired) electrons. The molecule has 0 aliphatic carbocycles. The van der Waals surface area contributed by atoms with Gasteiger partial charge in [0.2, 0.25) is 0 Å². The van der Waals surface area contributed by atoms with E-state index in [1.807, 2.05) is 0 Å². The first-order chi connectivity index (χ1) is 12.5. The zero-order valence-electron chi connectivity index (χ0n) is 13.9. The van der Waals surface area contributed by atoms with Gasteiger partial charge in [-0.15, -0.1) is 0 Å². The molecule has 3 N–H and O–H groups in total. The van der Waals surface area contributed by atoms with Crippen molar-refractivity contribution in [3.05, 3.63) is 54.0 Å². The maximum absolute atomic E-state index is 13.8. The second kappa shape index (κ2) is 7.18. The summed E-state index contributed by atoms with van der Waals surface area (Å²) in [5.41, 5.74) is 0.535. The first kappa shape index (κ1) is 17.3. The molecule has 1 aromatic carbocycles. The molecule has 8 nitrogen and oxygen atoms in total. The number of aromatic hydroxyl groups is 1. The monoisotopic (exact) mass is 357 g/mol. The van der Waals surface area contributed by atoms with Crippen molar-refractivity contribution in [1.29, 1.82) is 0 Å². The Labute approximate surface area is 147 Å². The first-order valence-electron chi connectivity index (χ1n) is 7.76. The number of rotatable bonds is 5. The summed E-state index contributed by atoms with van der Waals surface area (Å²) < 4.78 is 13.8. The Bertz CT molecular complexity index is 919. The highest BCUT2D eigenvalue weighted by Gasteiger charge is 2.17. The second-order valence-electron chi connectivity index (χ2n) is 5.65. The molecule has 2 heterocycles. The van der Waals surface area contributed by atoms with Crippen LogP contribution in [0.4, 0.5) is 4.39 Å². The number of carbonyl (C=O) groups excluding carboxylic acids is 2. The fraction of sp³-hybridized carbons (Fsp3) is 0.176. The van der Waals surface area contributed by atoms with Crippen LogP contribution < -0.4 is 5.32 Å². The van der Waals surface area contributed by atoms with Crippen LogP contribution in [0.5, 0.6) is 5.75 Å². The standard InChI is InChI=1S/C17H16FN5O3/c1-23(5-4-21-16(25)10-7-19-9-20-8-10)17(26)13-6-11-14(24)3-2-12(18)15(11)22-13/h2-3,6-9,22,24H,4-5H2,1H3,(H,21,25). The Morgan fingerprint density at radius 1 is 1.31 bits per heavy atom. The molecular formula is C17H16FN5O3. The Balaban J connectivity index is 1.62. The van der Waals surface area contributed by atoms with Crippen molar-refractivity contribution < 1.29 is 19.1 Å². The van der Waals surface area contributed by atoms with Crippen LogP contribution in [0, 0.1) is 5.82 Å². The van der Waals surface area contributed by atoms with Crippen LogP contribution >= 0.6 is 0 Å². The molecule has 0 aliphatic rings. The lowest BCUT2D eigenvalue weighted by Crippen LogP contribution is -2.36. The van der Waals surface area contributed by atoms with E-state index in [-0.39, 0.29) is 41.3 Å². The SMILES string of the molecule is CN(CCNC(=O)c1cncnc1)C(=O)c1cc2c(O)ccc(F)c2[nH]1. The predicted molar refractivity (Wildman–Crippen MR) is 91.2 cm³/mol. The highest BCUT2D eigenvalue weighted by molar-refractivity contribution is 5.99. The molecule has 0 saturated carbocycles.